The number of carbonyl (C=O) groups is 3. The van der Waals surface area contributed by atoms with Crippen molar-refractivity contribution in [3.05, 3.63) is 119 Å². The summed E-state index contributed by atoms with van der Waals surface area (Å²) < 4.78 is 5.87. The first kappa shape index (κ1) is 25.7. The minimum Gasteiger partial charge on any atom is -0.455 e. The lowest BCUT2D eigenvalue weighted by molar-refractivity contribution is -0.121. The van der Waals surface area contributed by atoms with Gasteiger partial charge in [-0.15, -0.1) is 0 Å². The van der Waals surface area contributed by atoms with Crippen molar-refractivity contribution in [3.8, 4) is 11.1 Å². The van der Waals surface area contributed by atoms with Crippen LogP contribution in [0.2, 0.25) is 0 Å². The summed E-state index contributed by atoms with van der Waals surface area (Å²) in [5, 5.41) is 4.39. The maximum atomic E-state index is 12.8. The number of aryl methyl sites for hydroxylation is 1. The molecule has 1 heterocycles. The highest BCUT2D eigenvalue weighted by molar-refractivity contribution is 6.07. The van der Waals surface area contributed by atoms with E-state index in [2.05, 4.69) is 21.4 Å². The second kappa shape index (κ2) is 11.6. The zero-order chi connectivity index (χ0) is 27.2. The molecule has 39 heavy (non-hydrogen) atoms. The number of amides is 3. The van der Waals surface area contributed by atoms with E-state index in [9.17, 15) is 14.4 Å². The number of fused-ring (bicyclic) bond motifs is 1. The van der Waals surface area contributed by atoms with E-state index >= 15 is 0 Å². The molecule has 0 fully saturated rings. The summed E-state index contributed by atoms with van der Waals surface area (Å²) in [5.41, 5.74) is 12.9. The lowest BCUT2D eigenvalue weighted by atomic mass is 9.93. The third kappa shape index (κ3) is 5.96. The molecule has 3 amide bonds. The predicted octanol–water partition coefficient (Wildman–Crippen LogP) is 4.73. The van der Waals surface area contributed by atoms with E-state index in [1.165, 1.54) is 0 Å². The topological polar surface area (TPSA) is 113 Å². The fraction of sp³-hybridized carbons (Fsp3) is 0.161. The SMILES string of the molecule is Cc1c(C(=O)NNC(=O)Cc2ccccc2)oc2c1/C(=N/NC(=O)c1ccc(-c3ccccc3)cc1)CCC2. The number of hydrogen-bond acceptors (Lipinski definition) is 5. The van der Waals surface area contributed by atoms with Gasteiger partial charge < -0.3 is 4.42 Å². The normalized spacial score (nSPS) is 13.4. The van der Waals surface area contributed by atoms with Crippen molar-refractivity contribution in [2.24, 2.45) is 5.10 Å². The molecule has 0 saturated heterocycles. The Bertz CT molecular complexity index is 1520. The first-order valence-corrected chi connectivity index (χ1v) is 12.8. The van der Waals surface area contributed by atoms with Crippen LogP contribution in [0.1, 0.15) is 56.2 Å². The molecule has 1 aliphatic rings. The van der Waals surface area contributed by atoms with Crippen molar-refractivity contribution in [2.45, 2.75) is 32.6 Å². The number of furan rings is 1. The maximum Gasteiger partial charge on any atom is 0.305 e. The minimum atomic E-state index is -0.551. The molecule has 0 atom stereocenters. The van der Waals surface area contributed by atoms with Crippen LogP contribution in [0.4, 0.5) is 0 Å². The van der Waals surface area contributed by atoms with Gasteiger partial charge in [-0.05, 0) is 48.6 Å². The van der Waals surface area contributed by atoms with E-state index in [0.717, 1.165) is 28.7 Å². The zero-order valence-corrected chi connectivity index (χ0v) is 21.5. The Balaban J connectivity index is 1.24. The number of rotatable bonds is 6. The second-order valence-corrected chi connectivity index (χ2v) is 9.32. The molecule has 3 aromatic carbocycles. The largest absolute Gasteiger partial charge is 0.455 e. The molecular weight excluding hydrogens is 492 g/mol. The Labute approximate surface area is 226 Å². The van der Waals surface area contributed by atoms with Crippen LogP contribution in [0.25, 0.3) is 11.1 Å². The summed E-state index contributed by atoms with van der Waals surface area (Å²) >= 11 is 0. The maximum absolute atomic E-state index is 12.8. The Morgan fingerprint density at radius 1 is 0.795 bits per heavy atom. The predicted molar refractivity (Wildman–Crippen MR) is 148 cm³/mol. The van der Waals surface area contributed by atoms with E-state index < -0.39 is 5.91 Å². The molecule has 0 saturated carbocycles. The Hall–Kier alpha value is -4.98. The van der Waals surface area contributed by atoms with Gasteiger partial charge >= 0.3 is 5.91 Å². The molecule has 0 radical (unpaired) electrons. The summed E-state index contributed by atoms with van der Waals surface area (Å²) in [6.45, 7) is 1.77. The van der Waals surface area contributed by atoms with Crippen LogP contribution in [-0.2, 0) is 17.6 Å². The third-order valence-corrected chi connectivity index (χ3v) is 6.60. The van der Waals surface area contributed by atoms with Crippen LogP contribution >= 0.6 is 0 Å². The van der Waals surface area contributed by atoms with Crippen molar-refractivity contribution in [1.29, 1.82) is 0 Å². The highest BCUT2D eigenvalue weighted by Crippen LogP contribution is 2.30. The number of carbonyl (C=O) groups excluding carboxylic acids is 3. The van der Waals surface area contributed by atoms with Crippen LogP contribution in [0.15, 0.2) is 94.4 Å². The molecule has 3 N–H and O–H groups in total. The number of nitrogens with one attached hydrogen (secondary N) is 3. The van der Waals surface area contributed by atoms with Gasteiger partial charge in [0.1, 0.15) is 5.76 Å². The van der Waals surface area contributed by atoms with E-state index in [4.69, 9.17) is 4.42 Å². The number of hydrazine groups is 1. The minimum absolute atomic E-state index is 0.109. The third-order valence-electron chi connectivity index (χ3n) is 6.60. The smallest absolute Gasteiger partial charge is 0.305 e. The molecule has 0 bridgehead atoms. The van der Waals surface area contributed by atoms with Crippen LogP contribution < -0.4 is 16.3 Å². The van der Waals surface area contributed by atoms with Gasteiger partial charge in [0, 0.05) is 23.1 Å². The van der Waals surface area contributed by atoms with E-state index in [0.29, 0.717) is 35.4 Å². The first-order valence-electron chi connectivity index (χ1n) is 12.8. The quantitative estimate of drug-likeness (QED) is 0.319. The van der Waals surface area contributed by atoms with Crippen LogP contribution in [0.3, 0.4) is 0 Å². The number of nitrogens with zero attached hydrogens (tertiary/aromatic N) is 1. The van der Waals surface area contributed by atoms with Crippen molar-refractivity contribution in [1.82, 2.24) is 16.3 Å². The highest BCUT2D eigenvalue weighted by Gasteiger charge is 2.28. The second-order valence-electron chi connectivity index (χ2n) is 9.32. The fourth-order valence-corrected chi connectivity index (χ4v) is 4.63. The summed E-state index contributed by atoms with van der Waals surface area (Å²) in [5.74, 6) is -0.470. The molecule has 0 unspecified atom stereocenters. The molecule has 1 aromatic heterocycles. The number of hydrogen-bond donors (Lipinski definition) is 3. The fourth-order valence-electron chi connectivity index (χ4n) is 4.63. The summed E-state index contributed by atoms with van der Waals surface area (Å²) in [7, 11) is 0. The number of benzene rings is 3. The number of hydrazone groups is 1. The van der Waals surface area contributed by atoms with Crippen LogP contribution in [0, 0.1) is 6.92 Å². The monoisotopic (exact) mass is 520 g/mol. The van der Waals surface area contributed by atoms with Gasteiger partial charge in [0.05, 0.1) is 12.1 Å². The van der Waals surface area contributed by atoms with Crippen LogP contribution in [-0.4, -0.2) is 23.4 Å². The van der Waals surface area contributed by atoms with Gasteiger partial charge in [0.25, 0.3) is 5.91 Å². The van der Waals surface area contributed by atoms with Crippen molar-refractivity contribution in [2.75, 3.05) is 0 Å². The molecule has 1 aliphatic carbocycles. The lowest BCUT2D eigenvalue weighted by Gasteiger charge is -2.13. The Morgan fingerprint density at radius 2 is 1.46 bits per heavy atom. The molecular formula is C31H28N4O4. The van der Waals surface area contributed by atoms with Gasteiger partial charge in [-0.3, -0.25) is 25.2 Å². The molecule has 8 heteroatoms. The molecule has 5 rings (SSSR count). The zero-order valence-electron chi connectivity index (χ0n) is 21.5. The van der Waals surface area contributed by atoms with Gasteiger partial charge in [-0.2, -0.15) is 5.10 Å². The van der Waals surface area contributed by atoms with Crippen molar-refractivity contribution < 1.29 is 18.8 Å². The van der Waals surface area contributed by atoms with Crippen molar-refractivity contribution >= 4 is 23.4 Å². The first-order chi connectivity index (χ1) is 19.0. The summed E-state index contributed by atoms with van der Waals surface area (Å²) in [4.78, 5) is 37.8. The van der Waals surface area contributed by atoms with Gasteiger partial charge in [-0.1, -0.05) is 72.8 Å². The van der Waals surface area contributed by atoms with Gasteiger partial charge in [0.2, 0.25) is 5.91 Å². The Kier molecular flexibility index (Phi) is 7.63. The van der Waals surface area contributed by atoms with Gasteiger partial charge in [0.15, 0.2) is 5.76 Å². The van der Waals surface area contributed by atoms with Gasteiger partial charge in [-0.25, -0.2) is 5.43 Å². The van der Waals surface area contributed by atoms with E-state index in [-0.39, 0.29) is 24.0 Å². The average molecular weight is 521 g/mol. The molecule has 4 aromatic rings. The Morgan fingerprint density at radius 3 is 2.18 bits per heavy atom. The van der Waals surface area contributed by atoms with Crippen LogP contribution in [0.5, 0.6) is 0 Å². The average Bonchev–Trinajstić information content (AvgIpc) is 3.32. The molecule has 8 nitrogen and oxygen atoms in total. The molecule has 0 spiro atoms. The van der Waals surface area contributed by atoms with E-state index in [1.807, 2.05) is 72.8 Å². The lowest BCUT2D eigenvalue weighted by Crippen LogP contribution is -2.42. The molecule has 196 valence electrons. The van der Waals surface area contributed by atoms with E-state index in [1.54, 1.807) is 19.1 Å². The summed E-state index contributed by atoms with van der Waals surface area (Å²) in [6.07, 6.45) is 2.20. The summed E-state index contributed by atoms with van der Waals surface area (Å²) in [6, 6.07) is 26.5. The standard InChI is InChI=1S/C31H28N4O4/c1-20-28-25(32-34-30(37)24-17-15-23(16-18-24)22-11-6-3-7-12-22)13-8-14-26(28)39-29(20)31(38)35-33-27(36)19-21-9-4-2-5-10-21/h2-7,9-12,15-18H,8,13-14,19H2,1H3,(H,33,36)(H,34,37)(H,35,38)/b32-25+. The highest BCUT2D eigenvalue weighted by atomic mass is 16.4. The van der Waals surface area contributed by atoms with Crippen molar-refractivity contribution in [3.63, 3.8) is 0 Å². The molecule has 0 aliphatic heterocycles.